The van der Waals surface area contributed by atoms with Gasteiger partial charge in [-0.1, -0.05) is 48.5 Å². The fourth-order valence-electron chi connectivity index (χ4n) is 3.91. The summed E-state index contributed by atoms with van der Waals surface area (Å²) in [6.45, 7) is 3.93. The number of anilines is 1. The smallest absolute Gasteiger partial charge is 0.273 e. The zero-order valence-electron chi connectivity index (χ0n) is 17.7. The second-order valence-corrected chi connectivity index (χ2v) is 7.86. The van der Waals surface area contributed by atoms with Gasteiger partial charge in [-0.05, 0) is 23.6 Å². The van der Waals surface area contributed by atoms with Gasteiger partial charge in [0, 0.05) is 44.8 Å². The van der Waals surface area contributed by atoms with Gasteiger partial charge >= 0.3 is 0 Å². The van der Waals surface area contributed by atoms with Crippen LogP contribution in [0, 0.1) is 0 Å². The van der Waals surface area contributed by atoms with Crippen molar-refractivity contribution in [2.45, 2.75) is 25.6 Å². The first-order chi connectivity index (χ1) is 15.1. The minimum absolute atomic E-state index is 0.127. The van der Waals surface area contributed by atoms with Gasteiger partial charge in [-0.3, -0.25) is 9.69 Å². The number of likely N-dealkylation sites (tertiary alicyclic amines) is 1. The van der Waals surface area contributed by atoms with Crippen LogP contribution >= 0.6 is 0 Å². The molecular weight excluding hydrogens is 388 g/mol. The molecule has 1 aromatic heterocycles. The van der Waals surface area contributed by atoms with E-state index in [1.54, 1.807) is 13.2 Å². The van der Waals surface area contributed by atoms with Crippen LogP contribution in [0.2, 0.25) is 0 Å². The molecule has 160 valence electrons. The average molecular weight is 417 g/mol. The van der Waals surface area contributed by atoms with Gasteiger partial charge in [-0.2, -0.15) is 0 Å². The highest BCUT2D eigenvalue weighted by molar-refractivity contribution is 5.96. The lowest BCUT2D eigenvalue weighted by molar-refractivity contribution is 0.0959. The van der Waals surface area contributed by atoms with Crippen LogP contribution in [0.5, 0.6) is 0 Å². The summed E-state index contributed by atoms with van der Waals surface area (Å²) in [5.41, 5.74) is 10.0. The van der Waals surface area contributed by atoms with Crippen LogP contribution in [-0.4, -0.2) is 47.0 Å². The fourth-order valence-corrected chi connectivity index (χ4v) is 3.91. The van der Waals surface area contributed by atoms with Crippen molar-refractivity contribution in [1.29, 1.82) is 0 Å². The Balaban J connectivity index is 1.37. The van der Waals surface area contributed by atoms with Crippen LogP contribution < -0.4 is 16.4 Å². The number of carbonyl (C=O) groups is 1. The van der Waals surface area contributed by atoms with Gasteiger partial charge in [0.2, 0.25) is 0 Å². The van der Waals surface area contributed by atoms with E-state index >= 15 is 0 Å². The maximum Gasteiger partial charge on any atom is 0.273 e. The van der Waals surface area contributed by atoms with E-state index in [9.17, 15) is 4.79 Å². The number of hydrogen-bond donors (Lipinski definition) is 3. The molecule has 2 heterocycles. The number of nitrogens with two attached hydrogens (primary N) is 1. The highest BCUT2D eigenvalue weighted by atomic mass is 16.1. The lowest BCUT2D eigenvalue weighted by atomic mass is 10.1. The van der Waals surface area contributed by atoms with Crippen LogP contribution in [0.25, 0.3) is 11.3 Å². The second kappa shape index (κ2) is 9.68. The molecule has 0 radical (unpaired) electrons. The molecule has 2 aromatic carbocycles. The van der Waals surface area contributed by atoms with Gasteiger partial charge in [0.05, 0.1) is 11.9 Å². The molecular formula is C24H28N6O. The van der Waals surface area contributed by atoms with E-state index in [0.717, 1.165) is 38.2 Å². The number of nitrogen functional groups attached to an aromatic ring is 1. The molecule has 0 saturated carbocycles. The van der Waals surface area contributed by atoms with E-state index in [1.165, 1.54) is 11.1 Å². The van der Waals surface area contributed by atoms with E-state index in [-0.39, 0.29) is 17.4 Å². The molecule has 7 heteroatoms. The maximum atomic E-state index is 12.0. The molecule has 3 aromatic rings. The summed E-state index contributed by atoms with van der Waals surface area (Å²) in [5.74, 6) is -0.215. The zero-order chi connectivity index (χ0) is 21.6. The second-order valence-electron chi connectivity index (χ2n) is 7.86. The van der Waals surface area contributed by atoms with Crippen LogP contribution in [0.1, 0.15) is 28.0 Å². The lowest BCUT2D eigenvalue weighted by Gasteiger charge is -2.17. The molecule has 1 atom stereocenters. The minimum Gasteiger partial charge on any atom is -0.382 e. The third-order valence-corrected chi connectivity index (χ3v) is 5.58. The minimum atomic E-state index is -0.342. The SMILES string of the molecule is CNC(=O)c1nc(-c2cccc(CN[C@@H]3CCN(Cc4ccccc4)C3)c2)cnc1N. The lowest BCUT2D eigenvalue weighted by Crippen LogP contribution is -2.31. The number of aromatic nitrogens is 2. The molecule has 31 heavy (non-hydrogen) atoms. The Morgan fingerprint density at radius 2 is 1.97 bits per heavy atom. The van der Waals surface area contributed by atoms with Crippen molar-refractivity contribution >= 4 is 11.7 Å². The summed E-state index contributed by atoms with van der Waals surface area (Å²) in [6.07, 6.45) is 2.75. The van der Waals surface area contributed by atoms with Crippen molar-refractivity contribution in [3.8, 4) is 11.3 Å². The monoisotopic (exact) mass is 416 g/mol. The summed E-state index contributed by atoms with van der Waals surface area (Å²) >= 11 is 0. The topological polar surface area (TPSA) is 96.2 Å². The average Bonchev–Trinajstić information content (AvgIpc) is 3.25. The Morgan fingerprint density at radius 1 is 1.16 bits per heavy atom. The van der Waals surface area contributed by atoms with E-state index in [4.69, 9.17) is 5.73 Å². The first kappa shape index (κ1) is 21.0. The summed E-state index contributed by atoms with van der Waals surface area (Å²) in [4.78, 5) is 23.0. The Bertz CT molecular complexity index is 1040. The molecule has 1 saturated heterocycles. The molecule has 7 nitrogen and oxygen atoms in total. The molecule has 4 N–H and O–H groups in total. The molecule has 1 amide bonds. The van der Waals surface area contributed by atoms with Gasteiger partial charge in [0.25, 0.3) is 5.91 Å². The Hall–Kier alpha value is -3.29. The number of rotatable bonds is 7. The van der Waals surface area contributed by atoms with Crippen molar-refractivity contribution in [1.82, 2.24) is 25.5 Å². The first-order valence-corrected chi connectivity index (χ1v) is 10.6. The van der Waals surface area contributed by atoms with Crippen molar-refractivity contribution in [2.75, 3.05) is 25.9 Å². The van der Waals surface area contributed by atoms with Crippen LogP contribution in [0.3, 0.4) is 0 Å². The highest BCUT2D eigenvalue weighted by Crippen LogP contribution is 2.20. The number of carbonyl (C=O) groups excluding carboxylic acids is 1. The van der Waals surface area contributed by atoms with E-state index in [0.29, 0.717) is 11.7 Å². The van der Waals surface area contributed by atoms with Crippen molar-refractivity contribution in [2.24, 2.45) is 0 Å². The number of benzene rings is 2. The Morgan fingerprint density at radius 3 is 2.77 bits per heavy atom. The third-order valence-electron chi connectivity index (χ3n) is 5.58. The summed E-state index contributed by atoms with van der Waals surface area (Å²) in [7, 11) is 1.55. The predicted octanol–water partition coefficient (Wildman–Crippen LogP) is 2.45. The van der Waals surface area contributed by atoms with Crippen LogP contribution in [-0.2, 0) is 13.1 Å². The largest absolute Gasteiger partial charge is 0.382 e. The van der Waals surface area contributed by atoms with Gasteiger partial charge in [0.1, 0.15) is 0 Å². The van der Waals surface area contributed by atoms with Gasteiger partial charge < -0.3 is 16.4 Å². The molecule has 0 unspecified atom stereocenters. The third kappa shape index (κ3) is 5.25. The van der Waals surface area contributed by atoms with E-state index < -0.39 is 0 Å². The maximum absolute atomic E-state index is 12.0. The van der Waals surface area contributed by atoms with E-state index in [1.807, 2.05) is 12.1 Å². The molecule has 1 fully saturated rings. The molecule has 0 spiro atoms. The van der Waals surface area contributed by atoms with Crippen molar-refractivity contribution in [3.63, 3.8) is 0 Å². The van der Waals surface area contributed by atoms with Gasteiger partial charge in [-0.25, -0.2) is 9.97 Å². The quantitative estimate of drug-likeness (QED) is 0.548. The standard InChI is InChI=1S/C24H28N6O/c1-26-24(31)22-23(25)28-14-21(29-22)19-9-5-8-18(12-19)13-27-20-10-11-30(16-20)15-17-6-3-2-4-7-17/h2-9,12,14,20,27H,10-11,13,15-16H2,1H3,(H2,25,28)(H,26,31)/t20-/m1/s1. The van der Waals surface area contributed by atoms with Gasteiger partial charge in [0.15, 0.2) is 11.5 Å². The Kier molecular flexibility index (Phi) is 6.54. The Labute approximate surface area is 182 Å². The summed E-state index contributed by atoms with van der Waals surface area (Å²) in [6, 6.07) is 19.2. The molecule has 4 rings (SSSR count). The summed E-state index contributed by atoms with van der Waals surface area (Å²) < 4.78 is 0. The molecule has 1 aliphatic heterocycles. The van der Waals surface area contributed by atoms with Crippen molar-refractivity contribution in [3.05, 3.63) is 77.6 Å². The van der Waals surface area contributed by atoms with Gasteiger partial charge in [-0.15, -0.1) is 0 Å². The van der Waals surface area contributed by atoms with Crippen LogP contribution in [0.15, 0.2) is 60.8 Å². The number of nitrogens with zero attached hydrogens (tertiary/aromatic N) is 3. The first-order valence-electron chi connectivity index (χ1n) is 10.6. The highest BCUT2D eigenvalue weighted by Gasteiger charge is 2.22. The normalized spacial score (nSPS) is 16.4. The predicted molar refractivity (Wildman–Crippen MR) is 122 cm³/mol. The summed E-state index contributed by atoms with van der Waals surface area (Å²) in [5, 5.41) is 6.23. The number of nitrogens with one attached hydrogen (secondary N) is 2. The van der Waals surface area contributed by atoms with E-state index in [2.05, 4.69) is 68.0 Å². The molecule has 0 bridgehead atoms. The number of amides is 1. The zero-order valence-corrected chi connectivity index (χ0v) is 17.7. The number of hydrogen-bond acceptors (Lipinski definition) is 6. The molecule has 1 aliphatic rings. The molecule has 0 aliphatic carbocycles. The van der Waals surface area contributed by atoms with Crippen LogP contribution in [0.4, 0.5) is 5.82 Å². The van der Waals surface area contributed by atoms with Crippen molar-refractivity contribution < 1.29 is 4.79 Å². The fraction of sp³-hybridized carbons (Fsp3) is 0.292.